The van der Waals surface area contributed by atoms with Gasteiger partial charge >= 0.3 is 0 Å². The highest BCUT2D eigenvalue weighted by atomic mass is 127. The van der Waals surface area contributed by atoms with Crippen molar-refractivity contribution in [3.05, 3.63) is 28.7 Å². The Morgan fingerprint density at radius 2 is 2.00 bits per heavy atom. The van der Waals surface area contributed by atoms with E-state index in [0.29, 0.717) is 30.8 Å². The zero-order valence-electron chi connectivity index (χ0n) is 14.2. The Kier molecular flexibility index (Phi) is 7.46. The zero-order valence-corrected chi connectivity index (χ0v) is 16.5. The van der Waals surface area contributed by atoms with E-state index in [-0.39, 0.29) is 24.0 Å². The van der Waals surface area contributed by atoms with Crippen LogP contribution >= 0.6 is 24.0 Å². The topological polar surface area (TPSA) is 93.2 Å². The minimum absolute atomic E-state index is 0. The second-order valence-electron chi connectivity index (χ2n) is 5.06. The van der Waals surface area contributed by atoms with Crippen molar-refractivity contribution in [1.29, 1.82) is 0 Å². The molecule has 128 valence electrons. The molecule has 0 spiro atoms. The third-order valence-corrected chi connectivity index (χ3v) is 3.38. The molecular weight excluding hydrogens is 409 g/mol. The molecule has 0 saturated heterocycles. The van der Waals surface area contributed by atoms with Crippen molar-refractivity contribution in [3.63, 3.8) is 0 Å². The van der Waals surface area contributed by atoms with Gasteiger partial charge in [-0.25, -0.2) is 4.99 Å². The van der Waals surface area contributed by atoms with Crippen molar-refractivity contribution in [2.75, 3.05) is 6.54 Å². The van der Waals surface area contributed by atoms with Crippen molar-refractivity contribution in [3.8, 4) is 0 Å². The first-order valence-corrected chi connectivity index (χ1v) is 7.31. The maximum atomic E-state index is 5.08. The third-order valence-electron chi connectivity index (χ3n) is 3.38. The summed E-state index contributed by atoms with van der Waals surface area (Å²) in [6.45, 7) is 9.65. The first-order valence-electron chi connectivity index (χ1n) is 7.31. The van der Waals surface area contributed by atoms with E-state index in [9.17, 15) is 0 Å². The number of halogens is 1. The zero-order chi connectivity index (χ0) is 16.1. The molecule has 0 aliphatic heterocycles. The second-order valence-corrected chi connectivity index (χ2v) is 5.06. The normalized spacial score (nSPS) is 11.3. The number of aliphatic imine (C=N–C) groups is 1. The van der Waals surface area contributed by atoms with E-state index in [1.807, 2.05) is 32.5 Å². The summed E-state index contributed by atoms with van der Waals surface area (Å²) in [7, 11) is 1.94. The molecule has 0 aliphatic carbocycles. The Morgan fingerprint density at radius 1 is 1.26 bits per heavy atom. The van der Waals surface area contributed by atoms with Crippen molar-refractivity contribution < 1.29 is 4.52 Å². The summed E-state index contributed by atoms with van der Waals surface area (Å²) in [5.74, 6) is 1.87. The van der Waals surface area contributed by atoms with Crippen molar-refractivity contribution >= 4 is 29.9 Å². The number of guanidine groups is 1. The van der Waals surface area contributed by atoms with Gasteiger partial charge in [0.1, 0.15) is 0 Å². The fraction of sp³-hybridized carbons (Fsp3) is 0.571. The first kappa shape index (κ1) is 19.4. The van der Waals surface area contributed by atoms with Crippen LogP contribution in [0, 0.1) is 20.8 Å². The second kappa shape index (κ2) is 8.85. The molecule has 0 aliphatic rings. The molecule has 2 aromatic rings. The average molecular weight is 433 g/mol. The predicted molar refractivity (Wildman–Crippen MR) is 98.8 cm³/mol. The largest absolute Gasteiger partial charge is 0.357 e. The SMILES string of the molecule is CCNC(=NCc1c(C)nn(C)c1C)NCc1nc(C)no1.I. The van der Waals surface area contributed by atoms with Gasteiger partial charge in [0.15, 0.2) is 11.8 Å². The van der Waals surface area contributed by atoms with E-state index < -0.39 is 0 Å². The fourth-order valence-electron chi connectivity index (χ4n) is 2.12. The van der Waals surface area contributed by atoms with Crippen LogP contribution < -0.4 is 10.6 Å². The number of nitrogens with one attached hydrogen (secondary N) is 2. The summed E-state index contributed by atoms with van der Waals surface area (Å²) in [5, 5.41) is 14.5. The Labute approximate surface area is 153 Å². The van der Waals surface area contributed by atoms with Gasteiger partial charge in [-0.3, -0.25) is 4.68 Å². The molecule has 0 unspecified atom stereocenters. The number of rotatable bonds is 5. The van der Waals surface area contributed by atoms with Crippen molar-refractivity contribution in [1.82, 2.24) is 30.6 Å². The molecule has 2 heterocycles. The molecule has 23 heavy (non-hydrogen) atoms. The van der Waals surface area contributed by atoms with Gasteiger partial charge in [-0.1, -0.05) is 5.16 Å². The van der Waals surface area contributed by atoms with E-state index in [1.54, 1.807) is 6.92 Å². The van der Waals surface area contributed by atoms with Crippen LogP contribution in [0.5, 0.6) is 0 Å². The summed E-state index contributed by atoms with van der Waals surface area (Å²) in [6.07, 6.45) is 0. The lowest BCUT2D eigenvalue weighted by molar-refractivity contribution is 0.371. The fourth-order valence-corrected chi connectivity index (χ4v) is 2.12. The van der Waals surface area contributed by atoms with Gasteiger partial charge in [-0.15, -0.1) is 24.0 Å². The number of aromatic nitrogens is 4. The summed E-state index contributed by atoms with van der Waals surface area (Å²) >= 11 is 0. The highest BCUT2D eigenvalue weighted by molar-refractivity contribution is 14.0. The van der Waals surface area contributed by atoms with Crippen LogP contribution in [-0.4, -0.2) is 32.4 Å². The van der Waals surface area contributed by atoms with Crippen LogP contribution in [0.2, 0.25) is 0 Å². The van der Waals surface area contributed by atoms with E-state index in [2.05, 4.69) is 30.9 Å². The summed E-state index contributed by atoms with van der Waals surface area (Å²) in [5.41, 5.74) is 3.28. The van der Waals surface area contributed by atoms with Gasteiger partial charge in [0.05, 0.1) is 18.8 Å². The molecule has 0 radical (unpaired) electrons. The first-order chi connectivity index (χ1) is 10.5. The molecule has 2 N–H and O–H groups in total. The van der Waals surface area contributed by atoms with E-state index >= 15 is 0 Å². The summed E-state index contributed by atoms with van der Waals surface area (Å²) in [6, 6.07) is 0. The lowest BCUT2D eigenvalue weighted by atomic mass is 10.2. The molecule has 0 atom stereocenters. The highest BCUT2D eigenvalue weighted by Crippen LogP contribution is 2.12. The molecule has 0 saturated carbocycles. The van der Waals surface area contributed by atoms with Crippen molar-refractivity contribution in [2.24, 2.45) is 12.0 Å². The van der Waals surface area contributed by atoms with Crippen LogP contribution in [0.4, 0.5) is 0 Å². The van der Waals surface area contributed by atoms with Gasteiger partial charge in [-0.2, -0.15) is 10.1 Å². The molecule has 8 nitrogen and oxygen atoms in total. The van der Waals surface area contributed by atoms with Crippen LogP contribution in [0.15, 0.2) is 9.52 Å². The van der Waals surface area contributed by atoms with Crippen molar-refractivity contribution in [2.45, 2.75) is 40.8 Å². The minimum Gasteiger partial charge on any atom is -0.357 e. The van der Waals surface area contributed by atoms with Crippen LogP contribution in [0.25, 0.3) is 0 Å². The highest BCUT2D eigenvalue weighted by Gasteiger charge is 2.09. The van der Waals surface area contributed by atoms with Gasteiger partial charge in [0, 0.05) is 24.8 Å². The van der Waals surface area contributed by atoms with Gasteiger partial charge in [0.25, 0.3) is 0 Å². The smallest absolute Gasteiger partial charge is 0.246 e. The molecule has 0 amide bonds. The summed E-state index contributed by atoms with van der Waals surface area (Å²) < 4.78 is 6.95. The molecule has 0 bridgehead atoms. The van der Waals surface area contributed by atoms with E-state index in [0.717, 1.165) is 23.5 Å². The minimum atomic E-state index is 0. The molecule has 2 aromatic heterocycles. The number of aryl methyl sites for hydroxylation is 3. The van der Waals surface area contributed by atoms with Gasteiger partial charge < -0.3 is 15.2 Å². The Hall–Kier alpha value is -1.65. The maximum absolute atomic E-state index is 5.08. The Bertz CT molecular complexity index is 662. The monoisotopic (exact) mass is 433 g/mol. The molecule has 0 fully saturated rings. The predicted octanol–water partition coefficient (Wildman–Crippen LogP) is 1.60. The Balaban J connectivity index is 0.00000264. The standard InChI is InChI=1S/C14H23N7O.HI/c1-6-15-14(17-8-13-18-11(4)20-22-13)16-7-12-9(2)19-21(5)10(12)3;/h6-8H2,1-5H3,(H2,15,16,17);1H. The van der Waals surface area contributed by atoms with E-state index in [4.69, 9.17) is 4.52 Å². The van der Waals surface area contributed by atoms with Gasteiger partial charge in [-0.05, 0) is 27.7 Å². The third kappa shape index (κ3) is 5.19. The van der Waals surface area contributed by atoms with Gasteiger partial charge in [0.2, 0.25) is 5.89 Å². The lowest BCUT2D eigenvalue weighted by Crippen LogP contribution is -2.36. The molecule has 2 rings (SSSR count). The number of nitrogens with zero attached hydrogens (tertiary/aromatic N) is 5. The van der Waals surface area contributed by atoms with Crippen LogP contribution in [-0.2, 0) is 20.1 Å². The lowest BCUT2D eigenvalue weighted by Gasteiger charge is -2.09. The summed E-state index contributed by atoms with van der Waals surface area (Å²) in [4.78, 5) is 8.75. The number of hydrogen-bond donors (Lipinski definition) is 2. The average Bonchev–Trinajstić information content (AvgIpc) is 2.99. The Morgan fingerprint density at radius 3 is 2.52 bits per heavy atom. The number of hydrogen-bond acceptors (Lipinski definition) is 5. The molecular formula is C14H24IN7O. The maximum Gasteiger partial charge on any atom is 0.246 e. The van der Waals surface area contributed by atoms with Crippen LogP contribution in [0.3, 0.4) is 0 Å². The quantitative estimate of drug-likeness (QED) is 0.423. The van der Waals surface area contributed by atoms with Crippen LogP contribution in [0.1, 0.15) is 35.6 Å². The molecule has 9 heteroatoms. The molecule has 0 aromatic carbocycles. The van der Waals surface area contributed by atoms with E-state index in [1.165, 1.54) is 0 Å².